The number of aromatic nitrogens is 2. The molecular formula is C7H4F2N2O. The normalized spacial score (nSPS) is 10.8. The maximum atomic E-state index is 12.5. The van der Waals surface area contributed by atoms with Crippen molar-refractivity contribution in [3.05, 3.63) is 34.3 Å². The fourth-order valence-electron chi connectivity index (χ4n) is 1.03. The molecule has 62 valence electrons. The van der Waals surface area contributed by atoms with Gasteiger partial charge in [0.05, 0.1) is 11.0 Å². The summed E-state index contributed by atoms with van der Waals surface area (Å²) in [5.41, 5.74) is 0.0489. The molecule has 3 nitrogen and oxygen atoms in total. The second kappa shape index (κ2) is 2.17. The minimum absolute atomic E-state index is 0.263. The smallest absolute Gasteiger partial charge is 0.306 e. The van der Waals surface area contributed by atoms with Gasteiger partial charge in [-0.1, -0.05) is 0 Å². The standard InChI is InChI=1S/C7H4F2N2O/c8-3-1-5-6(2-4(3)9)11-7(12)10-5/h1-2H,(H2,10,11,12). The van der Waals surface area contributed by atoms with Gasteiger partial charge in [0.1, 0.15) is 0 Å². The lowest BCUT2D eigenvalue weighted by atomic mass is 10.3. The molecule has 1 aromatic carbocycles. The van der Waals surface area contributed by atoms with Crippen LogP contribution in [-0.2, 0) is 0 Å². The summed E-state index contributed by atoms with van der Waals surface area (Å²) in [6.45, 7) is 0. The van der Waals surface area contributed by atoms with E-state index in [1.165, 1.54) is 0 Å². The van der Waals surface area contributed by atoms with E-state index in [2.05, 4.69) is 9.97 Å². The van der Waals surface area contributed by atoms with Crippen molar-refractivity contribution in [2.75, 3.05) is 0 Å². The van der Waals surface area contributed by atoms with Crippen LogP contribution in [0.2, 0.25) is 0 Å². The molecule has 12 heavy (non-hydrogen) atoms. The highest BCUT2D eigenvalue weighted by Gasteiger charge is 2.05. The van der Waals surface area contributed by atoms with Crippen LogP contribution in [0.5, 0.6) is 0 Å². The van der Waals surface area contributed by atoms with E-state index in [1.54, 1.807) is 0 Å². The molecule has 2 N–H and O–H groups in total. The summed E-state index contributed by atoms with van der Waals surface area (Å²) in [5.74, 6) is -1.95. The highest BCUT2D eigenvalue weighted by Crippen LogP contribution is 2.12. The van der Waals surface area contributed by atoms with Crippen LogP contribution in [0.15, 0.2) is 16.9 Å². The number of nitrogens with one attached hydrogen (secondary N) is 2. The van der Waals surface area contributed by atoms with Crippen molar-refractivity contribution < 1.29 is 8.78 Å². The summed E-state index contributed by atoms with van der Waals surface area (Å²) in [7, 11) is 0. The molecule has 0 saturated carbocycles. The largest absolute Gasteiger partial charge is 0.323 e. The number of hydrogen-bond donors (Lipinski definition) is 2. The number of halogens is 2. The van der Waals surface area contributed by atoms with Gasteiger partial charge >= 0.3 is 5.69 Å². The average molecular weight is 170 g/mol. The minimum atomic E-state index is -0.974. The lowest BCUT2D eigenvalue weighted by Crippen LogP contribution is -1.99. The quantitative estimate of drug-likeness (QED) is 0.611. The number of H-pyrrole nitrogens is 2. The molecule has 0 fully saturated rings. The Morgan fingerprint density at radius 3 is 1.83 bits per heavy atom. The van der Waals surface area contributed by atoms with Gasteiger partial charge in [-0.2, -0.15) is 0 Å². The first-order chi connectivity index (χ1) is 5.66. The maximum absolute atomic E-state index is 12.5. The molecule has 2 rings (SSSR count). The van der Waals surface area contributed by atoms with Crippen LogP contribution in [0.1, 0.15) is 0 Å². The van der Waals surface area contributed by atoms with E-state index in [-0.39, 0.29) is 11.0 Å². The average Bonchev–Trinajstić information content (AvgIpc) is 2.30. The van der Waals surface area contributed by atoms with Crippen molar-refractivity contribution in [2.45, 2.75) is 0 Å². The third kappa shape index (κ3) is 0.903. The van der Waals surface area contributed by atoms with Crippen molar-refractivity contribution in [3.8, 4) is 0 Å². The topological polar surface area (TPSA) is 48.6 Å². The van der Waals surface area contributed by atoms with Gasteiger partial charge < -0.3 is 9.97 Å². The molecule has 0 unspecified atom stereocenters. The third-order valence-corrected chi connectivity index (χ3v) is 1.56. The van der Waals surface area contributed by atoms with E-state index in [4.69, 9.17) is 0 Å². The molecule has 5 heteroatoms. The first-order valence-corrected chi connectivity index (χ1v) is 3.24. The van der Waals surface area contributed by atoms with Gasteiger partial charge in [-0.05, 0) is 0 Å². The van der Waals surface area contributed by atoms with E-state index in [0.717, 1.165) is 12.1 Å². The van der Waals surface area contributed by atoms with E-state index in [1.807, 2.05) is 0 Å². The SMILES string of the molecule is O=c1[nH]c2cc(F)c(F)cc2[nH]1. The molecule has 0 aliphatic rings. The van der Waals surface area contributed by atoms with Crippen molar-refractivity contribution in [2.24, 2.45) is 0 Å². The van der Waals surface area contributed by atoms with Crippen LogP contribution in [0.4, 0.5) is 8.78 Å². The lowest BCUT2D eigenvalue weighted by Gasteiger charge is -1.90. The summed E-state index contributed by atoms with van der Waals surface area (Å²) < 4.78 is 25.1. The molecule has 1 heterocycles. The third-order valence-electron chi connectivity index (χ3n) is 1.56. The molecule has 0 atom stereocenters. The number of imidazole rings is 1. The number of aromatic amines is 2. The first-order valence-electron chi connectivity index (χ1n) is 3.24. The number of rotatable bonds is 0. The number of fused-ring (bicyclic) bond motifs is 1. The summed E-state index contributed by atoms with van der Waals surface area (Å²) in [6, 6.07) is 1.87. The zero-order chi connectivity index (χ0) is 8.72. The van der Waals surface area contributed by atoms with Crippen LogP contribution in [0.25, 0.3) is 11.0 Å². The van der Waals surface area contributed by atoms with Crippen molar-refractivity contribution in [3.63, 3.8) is 0 Å². The Labute approximate surface area is 65.0 Å². The van der Waals surface area contributed by atoms with Crippen LogP contribution < -0.4 is 5.69 Å². The first kappa shape index (κ1) is 7.02. The second-order valence-corrected chi connectivity index (χ2v) is 2.39. The zero-order valence-electron chi connectivity index (χ0n) is 5.82. The molecule has 0 saturated heterocycles. The molecular weight excluding hydrogens is 166 g/mol. The van der Waals surface area contributed by atoms with Crippen LogP contribution in [0, 0.1) is 11.6 Å². The lowest BCUT2D eigenvalue weighted by molar-refractivity contribution is 0.510. The fraction of sp³-hybridized carbons (Fsp3) is 0. The zero-order valence-corrected chi connectivity index (χ0v) is 5.82. The predicted molar refractivity (Wildman–Crippen MR) is 38.8 cm³/mol. The van der Waals surface area contributed by atoms with Crippen molar-refractivity contribution in [1.29, 1.82) is 0 Å². The minimum Gasteiger partial charge on any atom is -0.306 e. The van der Waals surface area contributed by atoms with Crippen molar-refractivity contribution in [1.82, 2.24) is 9.97 Å². The summed E-state index contributed by atoms with van der Waals surface area (Å²) >= 11 is 0. The summed E-state index contributed by atoms with van der Waals surface area (Å²) in [5, 5.41) is 0. The molecule has 0 spiro atoms. The number of hydrogen-bond acceptors (Lipinski definition) is 1. The molecule has 0 bridgehead atoms. The Hall–Kier alpha value is -1.65. The maximum Gasteiger partial charge on any atom is 0.323 e. The monoisotopic (exact) mass is 170 g/mol. The second-order valence-electron chi connectivity index (χ2n) is 2.39. The van der Waals surface area contributed by atoms with Gasteiger partial charge in [-0.25, -0.2) is 13.6 Å². The Bertz CT molecular complexity index is 444. The van der Waals surface area contributed by atoms with E-state index < -0.39 is 17.3 Å². The molecule has 0 radical (unpaired) electrons. The van der Waals surface area contributed by atoms with Gasteiger partial charge in [-0.3, -0.25) is 0 Å². The van der Waals surface area contributed by atoms with Gasteiger partial charge in [0.15, 0.2) is 11.6 Å². The molecule has 1 aromatic heterocycles. The Morgan fingerprint density at radius 1 is 1.00 bits per heavy atom. The summed E-state index contributed by atoms with van der Waals surface area (Å²) in [4.78, 5) is 15.3. The van der Waals surface area contributed by atoms with Gasteiger partial charge in [0.25, 0.3) is 0 Å². The predicted octanol–water partition coefficient (Wildman–Crippen LogP) is 1.13. The van der Waals surface area contributed by atoms with Gasteiger partial charge in [0, 0.05) is 12.1 Å². The van der Waals surface area contributed by atoms with Gasteiger partial charge in [0.2, 0.25) is 0 Å². The highest BCUT2D eigenvalue weighted by atomic mass is 19.2. The number of benzene rings is 1. The highest BCUT2D eigenvalue weighted by molar-refractivity contribution is 5.74. The molecule has 0 amide bonds. The fourth-order valence-corrected chi connectivity index (χ4v) is 1.03. The Morgan fingerprint density at radius 2 is 1.42 bits per heavy atom. The Kier molecular flexibility index (Phi) is 1.27. The van der Waals surface area contributed by atoms with E-state index >= 15 is 0 Å². The van der Waals surface area contributed by atoms with Crippen LogP contribution in [-0.4, -0.2) is 9.97 Å². The van der Waals surface area contributed by atoms with Gasteiger partial charge in [-0.15, -0.1) is 0 Å². The van der Waals surface area contributed by atoms with E-state index in [0.29, 0.717) is 0 Å². The Balaban J connectivity index is 2.92. The van der Waals surface area contributed by atoms with E-state index in [9.17, 15) is 13.6 Å². The summed E-state index contributed by atoms with van der Waals surface area (Å²) in [6.07, 6.45) is 0. The molecule has 0 aliphatic heterocycles. The van der Waals surface area contributed by atoms with Crippen LogP contribution in [0.3, 0.4) is 0 Å². The van der Waals surface area contributed by atoms with Crippen molar-refractivity contribution >= 4 is 11.0 Å². The molecule has 2 aromatic rings. The molecule has 0 aliphatic carbocycles. The van der Waals surface area contributed by atoms with Crippen LogP contribution >= 0.6 is 0 Å².